The SMILES string of the molecule is O=C(Cc1cn2ccsc2n1)NCC(O)C1CC1. The number of carbonyl (C=O) groups is 1. The Balaban J connectivity index is 1.52. The fraction of sp³-hybridized carbons (Fsp3) is 0.500. The molecule has 0 saturated heterocycles. The molecule has 2 aromatic heterocycles. The van der Waals surface area contributed by atoms with Crippen LogP contribution in [0, 0.1) is 5.92 Å². The molecular formula is C12H15N3O2S. The average Bonchev–Trinajstić information content (AvgIpc) is 2.99. The normalized spacial score (nSPS) is 16.9. The van der Waals surface area contributed by atoms with Gasteiger partial charge in [-0.15, -0.1) is 11.3 Å². The fourth-order valence-electron chi connectivity index (χ4n) is 1.95. The average molecular weight is 265 g/mol. The van der Waals surface area contributed by atoms with E-state index in [0.29, 0.717) is 12.5 Å². The van der Waals surface area contributed by atoms with Gasteiger partial charge in [0.25, 0.3) is 0 Å². The quantitative estimate of drug-likeness (QED) is 0.841. The molecule has 1 aliphatic carbocycles. The molecule has 6 heteroatoms. The number of aromatic nitrogens is 2. The van der Waals surface area contributed by atoms with Crippen LogP contribution in [0.3, 0.4) is 0 Å². The van der Waals surface area contributed by atoms with E-state index >= 15 is 0 Å². The molecule has 0 radical (unpaired) electrons. The first-order chi connectivity index (χ1) is 8.72. The number of carbonyl (C=O) groups excluding carboxylic acids is 1. The number of thiazole rings is 1. The molecule has 0 aliphatic heterocycles. The van der Waals surface area contributed by atoms with Gasteiger partial charge in [0.15, 0.2) is 4.96 Å². The summed E-state index contributed by atoms with van der Waals surface area (Å²) in [7, 11) is 0. The second-order valence-electron chi connectivity index (χ2n) is 4.71. The zero-order valence-electron chi connectivity index (χ0n) is 9.87. The molecular weight excluding hydrogens is 250 g/mol. The lowest BCUT2D eigenvalue weighted by atomic mass is 10.2. The van der Waals surface area contributed by atoms with Gasteiger partial charge in [-0.05, 0) is 18.8 Å². The Morgan fingerprint density at radius 3 is 3.22 bits per heavy atom. The molecule has 2 N–H and O–H groups in total. The van der Waals surface area contributed by atoms with Gasteiger partial charge < -0.3 is 10.4 Å². The topological polar surface area (TPSA) is 66.6 Å². The van der Waals surface area contributed by atoms with Crippen LogP contribution in [-0.2, 0) is 11.2 Å². The molecule has 0 aromatic carbocycles. The maximum absolute atomic E-state index is 11.7. The van der Waals surface area contributed by atoms with Gasteiger partial charge >= 0.3 is 0 Å². The highest BCUT2D eigenvalue weighted by Crippen LogP contribution is 2.32. The highest BCUT2D eigenvalue weighted by atomic mass is 32.1. The zero-order valence-corrected chi connectivity index (χ0v) is 10.7. The van der Waals surface area contributed by atoms with Crippen molar-refractivity contribution < 1.29 is 9.90 Å². The fourth-order valence-corrected chi connectivity index (χ4v) is 2.67. The van der Waals surface area contributed by atoms with Crippen LogP contribution >= 0.6 is 11.3 Å². The Bertz CT molecular complexity index is 530. The van der Waals surface area contributed by atoms with Crippen molar-refractivity contribution in [3.63, 3.8) is 0 Å². The van der Waals surface area contributed by atoms with Gasteiger partial charge in [0.2, 0.25) is 5.91 Å². The monoisotopic (exact) mass is 265 g/mol. The molecule has 18 heavy (non-hydrogen) atoms. The van der Waals surface area contributed by atoms with E-state index in [1.807, 2.05) is 22.2 Å². The van der Waals surface area contributed by atoms with Gasteiger partial charge in [0, 0.05) is 24.3 Å². The van der Waals surface area contributed by atoms with E-state index in [4.69, 9.17) is 0 Å². The summed E-state index contributed by atoms with van der Waals surface area (Å²) in [5.74, 6) is 0.309. The summed E-state index contributed by atoms with van der Waals surface area (Å²) in [4.78, 5) is 16.9. The standard InChI is InChI=1S/C12H15N3O2S/c16-10(8-1-2-8)6-13-11(17)5-9-7-15-3-4-18-12(15)14-9/h3-4,7-8,10,16H,1-2,5-6H2,(H,13,17). The lowest BCUT2D eigenvalue weighted by molar-refractivity contribution is -0.121. The minimum absolute atomic E-state index is 0.0829. The van der Waals surface area contributed by atoms with E-state index in [1.165, 1.54) is 0 Å². The summed E-state index contributed by atoms with van der Waals surface area (Å²) >= 11 is 1.55. The third-order valence-corrected chi connectivity index (χ3v) is 3.93. The van der Waals surface area contributed by atoms with Gasteiger partial charge in [-0.25, -0.2) is 4.98 Å². The number of aliphatic hydroxyl groups is 1. The van der Waals surface area contributed by atoms with E-state index < -0.39 is 0 Å². The summed E-state index contributed by atoms with van der Waals surface area (Å²) in [5, 5.41) is 14.4. The highest BCUT2D eigenvalue weighted by molar-refractivity contribution is 7.15. The molecule has 1 unspecified atom stereocenters. The Morgan fingerprint density at radius 2 is 2.50 bits per heavy atom. The number of nitrogens with one attached hydrogen (secondary N) is 1. The first kappa shape index (κ1) is 11.7. The van der Waals surface area contributed by atoms with E-state index in [0.717, 1.165) is 23.5 Å². The molecule has 1 atom stereocenters. The summed E-state index contributed by atoms with van der Waals surface area (Å²) in [5.41, 5.74) is 0.764. The number of aliphatic hydroxyl groups excluding tert-OH is 1. The summed E-state index contributed by atoms with van der Waals surface area (Å²) in [6, 6.07) is 0. The van der Waals surface area contributed by atoms with Crippen molar-refractivity contribution in [3.8, 4) is 0 Å². The Labute approximate surface area is 108 Å². The van der Waals surface area contributed by atoms with Crippen LogP contribution in [0.1, 0.15) is 18.5 Å². The molecule has 96 valence electrons. The zero-order chi connectivity index (χ0) is 12.5. The number of fused-ring (bicyclic) bond motifs is 1. The third kappa shape index (κ3) is 2.54. The lowest BCUT2D eigenvalue weighted by Crippen LogP contribution is -2.34. The third-order valence-electron chi connectivity index (χ3n) is 3.16. The minimum atomic E-state index is -0.389. The molecule has 1 aliphatic rings. The number of nitrogens with zero attached hydrogens (tertiary/aromatic N) is 2. The van der Waals surface area contributed by atoms with Crippen LogP contribution in [0.5, 0.6) is 0 Å². The second kappa shape index (κ2) is 4.70. The first-order valence-corrected chi connectivity index (χ1v) is 6.96. The van der Waals surface area contributed by atoms with E-state index in [9.17, 15) is 9.90 Å². The van der Waals surface area contributed by atoms with Crippen LogP contribution in [-0.4, -0.2) is 33.0 Å². The molecule has 1 saturated carbocycles. The van der Waals surface area contributed by atoms with Crippen LogP contribution in [0.2, 0.25) is 0 Å². The van der Waals surface area contributed by atoms with Crippen LogP contribution in [0.15, 0.2) is 17.8 Å². The van der Waals surface area contributed by atoms with Crippen molar-refractivity contribution in [2.24, 2.45) is 5.92 Å². The van der Waals surface area contributed by atoms with Crippen molar-refractivity contribution in [3.05, 3.63) is 23.5 Å². The largest absolute Gasteiger partial charge is 0.391 e. The van der Waals surface area contributed by atoms with Crippen LogP contribution < -0.4 is 5.32 Å². The van der Waals surface area contributed by atoms with Crippen LogP contribution in [0.25, 0.3) is 4.96 Å². The molecule has 2 aromatic rings. The van der Waals surface area contributed by atoms with Gasteiger partial charge in [0.05, 0.1) is 18.2 Å². The number of imidazole rings is 1. The molecule has 3 rings (SSSR count). The lowest BCUT2D eigenvalue weighted by Gasteiger charge is -2.09. The smallest absolute Gasteiger partial charge is 0.226 e. The van der Waals surface area contributed by atoms with Crippen molar-refractivity contribution >= 4 is 22.2 Å². The molecule has 2 heterocycles. The van der Waals surface area contributed by atoms with E-state index in [2.05, 4.69) is 10.3 Å². The van der Waals surface area contributed by atoms with Crippen molar-refractivity contribution in [2.45, 2.75) is 25.4 Å². The van der Waals surface area contributed by atoms with Crippen molar-refractivity contribution in [1.29, 1.82) is 0 Å². The Hall–Kier alpha value is -1.40. The number of hydrogen-bond donors (Lipinski definition) is 2. The number of hydrogen-bond acceptors (Lipinski definition) is 4. The van der Waals surface area contributed by atoms with E-state index in [-0.39, 0.29) is 18.4 Å². The van der Waals surface area contributed by atoms with Crippen molar-refractivity contribution in [2.75, 3.05) is 6.54 Å². The first-order valence-electron chi connectivity index (χ1n) is 6.08. The van der Waals surface area contributed by atoms with Gasteiger partial charge in [0.1, 0.15) is 0 Å². The summed E-state index contributed by atoms with van der Waals surface area (Å²) < 4.78 is 1.91. The molecule has 1 amide bonds. The maximum atomic E-state index is 11.7. The summed E-state index contributed by atoms with van der Waals surface area (Å²) in [6.07, 6.45) is 5.82. The minimum Gasteiger partial charge on any atom is -0.391 e. The maximum Gasteiger partial charge on any atom is 0.226 e. The highest BCUT2D eigenvalue weighted by Gasteiger charge is 2.29. The molecule has 5 nitrogen and oxygen atoms in total. The number of amides is 1. The number of rotatable bonds is 5. The Kier molecular flexibility index (Phi) is 3.05. The van der Waals surface area contributed by atoms with Crippen LogP contribution in [0.4, 0.5) is 0 Å². The Morgan fingerprint density at radius 1 is 1.67 bits per heavy atom. The second-order valence-corrected chi connectivity index (χ2v) is 5.58. The predicted octanol–water partition coefficient (Wildman–Crippen LogP) is 0.825. The van der Waals surface area contributed by atoms with Gasteiger partial charge in [-0.2, -0.15) is 0 Å². The summed E-state index contributed by atoms with van der Waals surface area (Å²) in [6.45, 7) is 0.353. The van der Waals surface area contributed by atoms with Gasteiger partial charge in [-0.1, -0.05) is 0 Å². The predicted molar refractivity (Wildman–Crippen MR) is 68.5 cm³/mol. The van der Waals surface area contributed by atoms with Gasteiger partial charge in [-0.3, -0.25) is 9.20 Å². The molecule has 0 spiro atoms. The van der Waals surface area contributed by atoms with E-state index in [1.54, 1.807) is 11.3 Å². The molecule has 1 fully saturated rings. The molecule has 0 bridgehead atoms. The van der Waals surface area contributed by atoms with Crippen molar-refractivity contribution in [1.82, 2.24) is 14.7 Å².